The zero-order valence-corrected chi connectivity index (χ0v) is 18.2. The Morgan fingerprint density at radius 1 is 1.39 bits per heavy atom. The number of hydrogen-bond donors (Lipinski definition) is 2. The van der Waals surface area contributed by atoms with E-state index in [2.05, 4.69) is 15.4 Å². The maximum absolute atomic E-state index is 14.1. The Balaban J connectivity index is 1.44. The highest BCUT2D eigenvalue weighted by Crippen LogP contribution is 2.46. The SMILES string of the molecule is N[C@H](CC1(Cl)CC1)C(=O)N1C[C@H](F)CC1C(=O)NCc1cc(Cl)ccc1-n1cncn1. The van der Waals surface area contributed by atoms with Crippen molar-refractivity contribution in [3.63, 3.8) is 0 Å². The first-order valence-corrected chi connectivity index (χ1v) is 10.8. The summed E-state index contributed by atoms with van der Waals surface area (Å²) < 4.78 is 15.7. The third-order valence-corrected chi connectivity index (χ3v) is 6.46. The van der Waals surface area contributed by atoms with Crippen molar-refractivity contribution in [1.29, 1.82) is 0 Å². The molecule has 1 aromatic heterocycles. The molecule has 0 spiro atoms. The van der Waals surface area contributed by atoms with Crippen molar-refractivity contribution in [1.82, 2.24) is 25.0 Å². The number of likely N-dealkylation sites (tertiary alicyclic amines) is 1. The molecule has 1 saturated heterocycles. The summed E-state index contributed by atoms with van der Waals surface area (Å²) in [6.45, 7) is -0.0256. The smallest absolute Gasteiger partial charge is 0.243 e. The molecule has 4 rings (SSSR count). The van der Waals surface area contributed by atoms with E-state index in [4.69, 9.17) is 28.9 Å². The lowest BCUT2D eigenvalue weighted by Crippen LogP contribution is -2.51. The summed E-state index contributed by atoms with van der Waals surface area (Å²) in [4.78, 5) is 30.4. The molecular weight excluding hydrogens is 446 g/mol. The fourth-order valence-corrected chi connectivity index (χ4v) is 4.32. The van der Waals surface area contributed by atoms with Gasteiger partial charge in [-0.05, 0) is 43.0 Å². The first-order valence-electron chi connectivity index (χ1n) is 10.1. The minimum absolute atomic E-state index is 0.0677. The summed E-state index contributed by atoms with van der Waals surface area (Å²) in [6, 6.07) is 3.40. The molecule has 31 heavy (non-hydrogen) atoms. The largest absolute Gasteiger partial charge is 0.350 e. The molecule has 1 aliphatic carbocycles. The van der Waals surface area contributed by atoms with Gasteiger partial charge in [0.2, 0.25) is 11.8 Å². The molecule has 2 aliphatic rings. The van der Waals surface area contributed by atoms with Gasteiger partial charge in [0.1, 0.15) is 24.9 Å². The normalized spacial score (nSPS) is 22.9. The lowest BCUT2D eigenvalue weighted by Gasteiger charge is -2.27. The molecule has 1 aliphatic heterocycles. The van der Waals surface area contributed by atoms with Gasteiger partial charge in [0.15, 0.2) is 0 Å². The Bertz CT molecular complexity index is 969. The van der Waals surface area contributed by atoms with Gasteiger partial charge in [-0.15, -0.1) is 11.6 Å². The maximum atomic E-state index is 14.1. The molecule has 1 unspecified atom stereocenters. The van der Waals surface area contributed by atoms with Crippen molar-refractivity contribution < 1.29 is 14.0 Å². The van der Waals surface area contributed by atoms with E-state index < -0.39 is 34.9 Å². The minimum atomic E-state index is -1.28. The van der Waals surface area contributed by atoms with Crippen LogP contribution < -0.4 is 11.1 Å². The van der Waals surface area contributed by atoms with Crippen molar-refractivity contribution in [3.8, 4) is 5.69 Å². The second-order valence-corrected chi connectivity index (χ2v) is 9.37. The summed E-state index contributed by atoms with van der Waals surface area (Å²) >= 11 is 12.4. The summed E-state index contributed by atoms with van der Waals surface area (Å²) in [7, 11) is 0. The van der Waals surface area contributed by atoms with Gasteiger partial charge in [-0.2, -0.15) is 5.10 Å². The monoisotopic (exact) mass is 468 g/mol. The number of halogens is 3. The van der Waals surface area contributed by atoms with Gasteiger partial charge < -0.3 is 16.0 Å². The zero-order valence-electron chi connectivity index (χ0n) is 16.7. The molecule has 0 bridgehead atoms. The van der Waals surface area contributed by atoms with Gasteiger partial charge in [-0.1, -0.05) is 11.6 Å². The second kappa shape index (κ2) is 8.72. The number of nitrogens with two attached hydrogens (primary N) is 1. The Labute approximate surface area is 188 Å². The van der Waals surface area contributed by atoms with Crippen LogP contribution in [0, 0.1) is 0 Å². The standard InChI is InChI=1S/C20H23Cl2FN6O2/c21-13-1-2-16(29-11-25-10-27-29)12(5-13)8-26-18(30)17-6-14(23)9-28(17)19(31)15(24)7-20(22)3-4-20/h1-2,5,10-11,14-15,17H,3-4,6-9,24H2,(H,26,30)/t14-,15-,17?/m1/s1. The molecule has 2 amide bonds. The number of nitrogens with zero attached hydrogens (tertiary/aromatic N) is 4. The molecule has 1 aromatic carbocycles. The molecule has 3 N–H and O–H groups in total. The van der Waals surface area contributed by atoms with Gasteiger partial charge in [0, 0.05) is 22.9 Å². The van der Waals surface area contributed by atoms with Crippen LogP contribution in [0.2, 0.25) is 5.02 Å². The number of alkyl halides is 2. The highest BCUT2D eigenvalue weighted by molar-refractivity contribution is 6.30. The number of carbonyl (C=O) groups excluding carboxylic acids is 2. The number of amides is 2. The van der Waals surface area contributed by atoms with E-state index in [0.29, 0.717) is 22.7 Å². The minimum Gasteiger partial charge on any atom is -0.350 e. The molecule has 2 fully saturated rings. The average molecular weight is 469 g/mol. The van der Waals surface area contributed by atoms with E-state index in [1.54, 1.807) is 22.9 Å². The van der Waals surface area contributed by atoms with Crippen LogP contribution in [-0.2, 0) is 16.1 Å². The molecular formula is C20H23Cl2FN6O2. The van der Waals surface area contributed by atoms with Crippen LogP contribution >= 0.6 is 23.2 Å². The van der Waals surface area contributed by atoms with Crippen molar-refractivity contribution >= 4 is 35.0 Å². The summed E-state index contributed by atoms with van der Waals surface area (Å²) in [5.41, 5.74) is 7.43. The van der Waals surface area contributed by atoms with Crippen LogP contribution in [0.25, 0.3) is 5.69 Å². The highest BCUT2D eigenvalue weighted by atomic mass is 35.5. The molecule has 3 atom stereocenters. The number of aromatic nitrogens is 3. The number of carbonyl (C=O) groups is 2. The molecule has 2 aromatic rings. The van der Waals surface area contributed by atoms with Crippen molar-refractivity contribution in [2.75, 3.05) is 6.54 Å². The van der Waals surface area contributed by atoms with E-state index in [9.17, 15) is 14.0 Å². The van der Waals surface area contributed by atoms with Crippen LogP contribution in [0.15, 0.2) is 30.9 Å². The second-order valence-electron chi connectivity index (χ2n) is 8.13. The zero-order chi connectivity index (χ0) is 22.2. The van der Waals surface area contributed by atoms with E-state index in [0.717, 1.165) is 12.8 Å². The Hall–Kier alpha value is -2.23. The van der Waals surface area contributed by atoms with Gasteiger partial charge >= 0.3 is 0 Å². The van der Waals surface area contributed by atoms with Gasteiger partial charge in [-0.3, -0.25) is 9.59 Å². The van der Waals surface area contributed by atoms with Crippen molar-refractivity contribution in [2.24, 2.45) is 5.73 Å². The molecule has 166 valence electrons. The van der Waals surface area contributed by atoms with Gasteiger partial charge in [0.25, 0.3) is 0 Å². The van der Waals surface area contributed by atoms with E-state index >= 15 is 0 Å². The fraction of sp³-hybridized carbons (Fsp3) is 0.500. The molecule has 2 heterocycles. The average Bonchev–Trinajstić information content (AvgIpc) is 3.12. The summed E-state index contributed by atoms with van der Waals surface area (Å²) in [5.74, 6) is -0.893. The van der Waals surface area contributed by atoms with Gasteiger partial charge in [-0.25, -0.2) is 14.1 Å². The molecule has 0 radical (unpaired) electrons. The molecule has 11 heteroatoms. The van der Waals surface area contributed by atoms with E-state index in [1.165, 1.54) is 17.6 Å². The van der Waals surface area contributed by atoms with Crippen molar-refractivity contribution in [2.45, 2.75) is 55.4 Å². The number of hydrogen-bond acceptors (Lipinski definition) is 5. The lowest BCUT2D eigenvalue weighted by atomic mass is 10.1. The van der Waals surface area contributed by atoms with Crippen LogP contribution in [0.4, 0.5) is 4.39 Å². The predicted molar refractivity (Wildman–Crippen MR) is 114 cm³/mol. The number of benzene rings is 1. The molecule has 8 nitrogen and oxygen atoms in total. The van der Waals surface area contributed by atoms with Crippen LogP contribution in [0.3, 0.4) is 0 Å². The third-order valence-electron chi connectivity index (χ3n) is 5.69. The first kappa shape index (κ1) is 22.0. The van der Waals surface area contributed by atoms with Crippen LogP contribution in [0.1, 0.15) is 31.2 Å². The quantitative estimate of drug-likeness (QED) is 0.604. The maximum Gasteiger partial charge on any atom is 0.243 e. The first-order chi connectivity index (χ1) is 14.8. The topological polar surface area (TPSA) is 106 Å². The predicted octanol–water partition coefficient (Wildman–Crippen LogP) is 1.96. The third kappa shape index (κ3) is 4.99. The fourth-order valence-electron chi connectivity index (χ4n) is 3.86. The van der Waals surface area contributed by atoms with Crippen LogP contribution in [-0.4, -0.2) is 61.2 Å². The lowest BCUT2D eigenvalue weighted by molar-refractivity contribution is -0.139. The molecule has 1 saturated carbocycles. The Morgan fingerprint density at radius 3 is 2.84 bits per heavy atom. The van der Waals surface area contributed by atoms with E-state index in [1.807, 2.05) is 0 Å². The highest BCUT2D eigenvalue weighted by Gasteiger charge is 2.46. The van der Waals surface area contributed by atoms with Crippen LogP contribution in [0.5, 0.6) is 0 Å². The number of rotatable bonds is 7. The van der Waals surface area contributed by atoms with E-state index in [-0.39, 0.29) is 19.5 Å². The number of nitrogens with one attached hydrogen (secondary N) is 1. The van der Waals surface area contributed by atoms with Gasteiger partial charge in [0.05, 0.1) is 18.3 Å². The Morgan fingerprint density at radius 2 is 2.16 bits per heavy atom. The summed E-state index contributed by atoms with van der Waals surface area (Å²) in [5, 5.41) is 7.39. The Kier molecular flexibility index (Phi) is 6.18. The van der Waals surface area contributed by atoms with Crippen molar-refractivity contribution in [3.05, 3.63) is 41.4 Å². The summed E-state index contributed by atoms with van der Waals surface area (Å²) in [6.07, 6.45) is 3.51.